The van der Waals surface area contributed by atoms with Crippen LogP contribution in [0, 0.1) is 0 Å². The molecule has 0 spiro atoms. The second-order valence-corrected chi connectivity index (χ2v) is 5.90. The van der Waals surface area contributed by atoms with Crippen molar-refractivity contribution in [2.75, 3.05) is 0 Å². The molecular formula is C18H18F3N3O. The van der Waals surface area contributed by atoms with Gasteiger partial charge in [0.05, 0.1) is 6.54 Å². The number of nitrogens with zero attached hydrogens (tertiary/aromatic N) is 1. The first kappa shape index (κ1) is 17.1. The lowest BCUT2D eigenvalue weighted by Gasteiger charge is -2.09. The zero-order chi connectivity index (χ0) is 17.9. The molecule has 4 nitrogen and oxygen atoms in total. The summed E-state index contributed by atoms with van der Waals surface area (Å²) < 4.78 is 40.1. The summed E-state index contributed by atoms with van der Waals surface area (Å²) in [7, 11) is 0. The molecule has 1 fully saturated rings. The third kappa shape index (κ3) is 5.14. The Balaban J connectivity index is 1.49. The Morgan fingerprint density at radius 1 is 1.12 bits per heavy atom. The number of nitrogens with two attached hydrogens (primary N) is 1. The minimum Gasteiger partial charge on any atom is -0.406 e. The van der Waals surface area contributed by atoms with E-state index in [1.54, 1.807) is 0 Å². The van der Waals surface area contributed by atoms with Gasteiger partial charge < -0.3 is 15.8 Å². The van der Waals surface area contributed by atoms with Crippen LogP contribution in [0.15, 0.2) is 59.6 Å². The number of ether oxygens (including phenoxy) is 1. The van der Waals surface area contributed by atoms with Crippen molar-refractivity contribution in [3.05, 3.63) is 65.7 Å². The van der Waals surface area contributed by atoms with Crippen LogP contribution < -0.4 is 15.8 Å². The smallest absolute Gasteiger partial charge is 0.406 e. The van der Waals surface area contributed by atoms with Gasteiger partial charge in [-0.05, 0) is 29.7 Å². The molecule has 2 unspecified atom stereocenters. The maximum Gasteiger partial charge on any atom is 0.573 e. The highest BCUT2D eigenvalue weighted by Gasteiger charge is 2.38. The molecule has 132 valence electrons. The van der Waals surface area contributed by atoms with E-state index < -0.39 is 6.36 Å². The molecule has 1 saturated carbocycles. The largest absolute Gasteiger partial charge is 0.573 e. The number of halogens is 3. The number of rotatable bonds is 5. The Labute approximate surface area is 143 Å². The number of aliphatic imine (C=N–C) groups is 1. The second kappa shape index (κ2) is 7.04. The van der Waals surface area contributed by atoms with Gasteiger partial charge in [0.2, 0.25) is 0 Å². The minimum atomic E-state index is -4.69. The van der Waals surface area contributed by atoms with Crippen LogP contribution in [0.1, 0.15) is 23.5 Å². The molecular weight excluding hydrogens is 331 g/mol. The van der Waals surface area contributed by atoms with Gasteiger partial charge in [0, 0.05) is 12.0 Å². The van der Waals surface area contributed by atoms with Crippen LogP contribution in [0.5, 0.6) is 5.75 Å². The predicted octanol–water partition coefficient (Wildman–Crippen LogP) is 3.55. The van der Waals surface area contributed by atoms with Gasteiger partial charge >= 0.3 is 6.36 Å². The van der Waals surface area contributed by atoms with E-state index in [1.165, 1.54) is 29.8 Å². The van der Waals surface area contributed by atoms with Crippen LogP contribution in [0.3, 0.4) is 0 Å². The lowest BCUT2D eigenvalue weighted by molar-refractivity contribution is -0.274. The van der Waals surface area contributed by atoms with Crippen LogP contribution in [0.4, 0.5) is 13.2 Å². The van der Waals surface area contributed by atoms with E-state index in [0.29, 0.717) is 11.9 Å². The second-order valence-electron chi connectivity index (χ2n) is 5.90. The molecule has 3 rings (SSSR count). The van der Waals surface area contributed by atoms with Crippen molar-refractivity contribution in [1.82, 2.24) is 5.32 Å². The molecule has 0 aromatic heterocycles. The lowest BCUT2D eigenvalue weighted by atomic mass is 10.1. The fourth-order valence-electron chi connectivity index (χ4n) is 2.63. The third-order valence-electron chi connectivity index (χ3n) is 3.94. The van der Waals surface area contributed by atoms with E-state index in [2.05, 4.69) is 27.2 Å². The topological polar surface area (TPSA) is 59.6 Å². The number of hydrogen-bond acceptors (Lipinski definition) is 2. The molecule has 0 saturated heterocycles. The van der Waals surface area contributed by atoms with Crippen LogP contribution in [-0.2, 0) is 6.54 Å². The van der Waals surface area contributed by atoms with Crippen molar-refractivity contribution in [2.24, 2.45) is 10.7 Å². The third-order valence-corrected chi connectivity index (χ3v) is 3.94. The summed E-state index contributed by atoms with van der Waals surface area (Å²) in [5.74, 6) is 0.516. The van der Waals surface area contributed by atoms with Gasteiger partial charge in [0.1, 0.15) is 5.75 Å². The SMILES string of the molecule is NC(=NCc1ccc(OC(F)(F)F)cc1)NC1CC1c1ccccc1. The number of guanidine groups is 1. The summed E-state index contributed by atoms with van der Waals surface area (Å²) in [6.07, 6.45) is -3.68. The molecule has 2 atom stereocenters. The summed E-state index contributed by atoms with van der Waals surface area (Å²) >= 11 is 0. The van der Waals surface area contributed by atoms with E-state index in [0.717, 1.165) is 12.0 Å². The highest BCUT2D eigenvalue weighted by molar-refractivity contribution is 5.78. The van der Waals surface area contributed by atoms with Gasteiger partial charge in [-0.2, -0.15) is 0 Å². The van der Waals surface area contributed by atoms with E-state index in [1.807, 2.05) is 18.2 Å². The van der Waals surface area contributed by atoms with Crippen LogP contribution >= 0.6 is 0 Å². The quantitative estimate of drug-likeness (QED) is 0.641. The molecule has 2 aromatic carbocycles. The first-order valence-electron chi connectivity index (χ1n) is 7.87. The average molecular weight is 349 g/mol. The zero-order valence-corrected chi connectivity index (χ0v) is 13.3. The first-order valence-corrected chi connectivity index (χ1v) is 7.87. The van der Waals surface area contributed by atoms with Crippen molar-refractivity contribution in [3.63, 3.8) is 0 Å². The average Bonchev–Trinajstić information content (AvgIpc) is 3.33. The number of alkyl halides is 3. The lowest BCUT2D eigenvalue weighted by Crippen LogP contribution is -2.34. The fourth-order valence-corrected chi connectivity index (χ4v) is 2.63. The molecule has 0 heterocycles. The molecule has 25 heavy (non-hydrogen) atoms. The van der Waals surface area contributed by atoms with Crippen molar-refractivity contribution in [1.29, 1.82) is 0 Å². The summed E-state index contributed by atoms with van der Waals surface area (Å²) in [6.45, 7) is 0.286. The zero-order valence-electron chi connectivity index (χ0n) is 13.3. The predicted molar refractivity (Wildman–Crippen MR) is 89.2 cm³/mol. The van der Waals surface area contributed by atoms with Gasteiger partial charge in [-0.15, -0.1) is 13.2 Å². The van der Waals surface area contributed by atoms with E-state index in [4.69, 9.17) is 5.73 Å². The number of nitrogens with one attached hydrogen (secondary N) is 1. The van der Waals surface area contributed by atoms with Crippen molar-refractivity contribution < 1.29 is 17.9 Å². The monoisotopic (exact) mass is 349 g/mol. The van der Waals surface area contributed by atoms with E-state index in [9.17, 15) is 13.2 Å². The molecule has 0 aliphatic heterocycles. The van der Waals surface area contributed by atoms with Gasteiger partial charge in [-0.1, -0.05) is 42.5 Å². The minimum absolute atomic E-state index is 0.255. The number of hydrogen-bond donors (Lipinski definition) is 2. The number of benzene rings is 2. The van der Waals surface area contributed by atoms with Crippen LogP contribution in [0.2, 0.25) is 0 Å². The molecule has 2 aromatic rings. The van der Waals surface area contributed by atoms with Gasteiger partial charge in [-0.25, -0.2) is 4.99 Å². The Morgan fingerprint density at radius 2 is 1.80 bits per heavy atom. The van der Waals surface area contributed by atoms with Crippen molar-refractivity contribution >= 4 is 5.96 Å². The Morgan fingerprint density at radius 3 is 2.44 bits per heavy atom. The molecule has 0 radical (unpaired) electrons. The molecule has 7 heteroatoms. The normalized spacial score (nSPS) is 20.2. The fraction of sp³-hybridized carbons (Fsp3) is 0.278. The van der Waals surface area contributed by atoms with E-state index >= 15 is 0 Å². The maximum absolute atomic E-state index is 12.1. The highest BCUT2D eigenvalue weighted by Crippen LogP contribution is 2.40. The van der Waals surface area contributed by atoms with Gasteiger partial charge in [0.15, 0.2) is 5.96 Å². The molecule has 1 aliphatic carbocycles. The van der Waals surface area contributed by atoms with Gasteiger partial charge in [0.25, 0.3) is 0 Å². The highest BCUT2D eigenvalue weighted by atomic mass is 19.4. The van der Waals surface area contributed by atoms with Crippen molar-refractivity contribution in [2.45, 2.75) is 31.3 Å². The van der Waals surface area contributed by atoms with Gasteiger partial charge in [-0.3, -0.25) is 0 Å². The van der Waals surface area contributed by atoms with E-state index in [-0.39, 0.29) is 18.3 Å². The van der Waals surface area contributed by atoms with Crippen LogP contribution in [-0.4, -0.2) is 18.4 Å². The first-order chi connectivity index (χ1) is 11.9. The molecule has 0 bridgehead atoms. The standard InChI is InChI=1S/C18H18F3N3O/c19-18(20,21)25-14-8-6-12(7-9-14)11-23-17(22)24-16-10-15(16)13-4-2-1-3-5-13/h1-9,15-16H,10-11H2,(H3,22,23,24). The molecule has 3 N–H and O–H groups in total. The summed E-state index contributed by atoms with van der Waals surface area (Å²) in [5, 5.41) is 3.17. The summed E-state index contributed by atoms with van der Waals surface area (Å²) in [6, 6.07) is 16.0. The maximum atomic E-state index is 12.1. The Kier molecular flexibility index (Phi) is 4.83. The molecule has 1 aliphatic rings. The summed E-state index contributed by atoms with van der Waals surface area (Å²) in [5.41, 5.74) is 7.90. The summed E-state index contributed by atoms with van der Waals surface area (Å²) in [4.78, 5) is 4.23. The Bertz CT molecular complexity index is 729. The van der Waals surface area contributed by atoms with Crippen LogP contribution in [0.25, 0.3) is 0 Å². The molecule has 0 amide bonds. The van der Waals surface area contributed by atoms with Crippen molar-refractivity contribution in [3.8, 4) is 5.75 Å². The Hall–Kier alpha value is -2.70.